The van der Waals surface area contributed by atoms with E-state index in [0.29, 0.717) is 13.0 Å². The molecule has 2 saturated heterocycles. The van der Waals surface area contributed by atoms with Gasteiger partial charge in [-0.1, -0.05) is 36.4 Å². The lowest BCUT2D eigenvalue weighted by Gasteiger charge is -2.40. The molecule has 0 radical (unpaired) electrons. The Morgan fingerprint density at radius 2 is 1.82 bits per heavy atom. The fourth-order valence-electron chi connectivity index (χ4n) is 4.69. The van der Waals surface area contributed by atoms with Crippen LogP contribution < -0.4 is 0 Å². The molecule has 4 rings (SSSR count). The van der Waals surface area contributed by atoms with Gasteiger partial charge in [-0.3, -0.25) is 4.90 Å². The Kier molecular flexibility index (Phi) is 7.73. The van der Waals surface area contributed by atoms with Crippen LogP contribution in [-0.2, 0) is 25.6 Å². The molecular weight excluding hydrogens is 425 g/mol. The van der Waals surface area contributed by atoms with Crippen molar-refractivity contribution in [3.05, 3.63) is 71.0 Å². The van der Waals surface area contributed by atoms with Gasteiger partial charge in [0.15, 0.2) is 6.10 Å². The second kappa shape index (κ2) is 10.9. The van der Waals surface area contributed by atoms with Crippen molar-refractivity contribution < 1.29 is 28.2 Å². The molecule has 7 heteroatoms. The molecule has 0 bridgehead atoms. The maximum absolute atomic E-state index is 13.9. The lowest BCUT2D eigenvalue weighted by molar-refractivity contribution is -0.164. The Morgan fingerprint density at radius 1 is 1.06 bits per heavy atom. The molecule has 176 valence electrons. The van der Waals surface area contributed by atoms with Crippen molar-refractivity contribution in [2.24, 2.45) is 0 Å². The van der Waals surface area contributed by atoms with Crippen LogP contribution in [0.5, 0.6) is 0 Å². The number of rotatable bonds is 6. The molecule has 0 spiro atoms. The molecule has 2 atom stereocenters. The topological polar surface area (TPSA) is 65.1 Å². The smallest absolute Gasteiger partial charge is 0.340 e. The van der Waals surface area contributed by atoms with Crippen LogP contribution in [0.3, 0.4) is 0 Å². The lowest BCUT2D eigenvalue weighted by atomic mass is 9.87. The van der Waals surface area contributed by atoms with Gasteiger partial charge < -0.3 is 14.2 Å². The summed E-state index contributed by atoms with van der Waals surface area (Å²) in [5, 5.41) is 0. The van der Waals surface area contributed by atoms with Crippen molar-refractivity contribution in [3.8, 4) is 0 Å². The fourth-order valence-corrected chi connectivity index (χ4v) is 4.69. The average Bonchev–Trinajstić information content (AvgIpc) is 2.88. The normalized spacial score (nSPS) is 22.0. The van der Waals surface area contributed by atoms with E-state index in [-0.39, 0.29) is 30.1 Å². The van der Waals surface area contributed by atoms with Crippen molar-refractivity contribution in [3.63, 3.8) is 0 Å². The van der Waals surface area contributed by atoms with Gasteiger partial charge in [-0.05, 0) is 68.0 Å². The van der Waals surface area contributed by atoms with Crippen LogP contribution in [0.25, 0.3) is 0 Å². The average molecular weight is 456 g/mol. The summed E-state index contributed by atoms with van der Waals surface area (Å²) in [7, 11) is 1.26. The van der Waals surface area contributed by atoms with Gasteiger partial charge in [0.1, 0.15) is 12.4 Å². The molecule has 2 unspecified atom stereocenters. The van der Waals surface area contributed by atoms with Crippen LogP contribution in [0.2, 0.25) is 0 Å². The maximum atomic E-state index is 13.9. The molecule has 2 aliphatic heterocycles. The summed E-state index contributed by atoms with van der Waals surface area (Å²) in [6, 6.07) is 14.6. The van der Waals surface area contributed by atoms with Crippen LogP contribution in [0, 0.1) is 5.82 Å². The van der Waals surface area contributed by atoms with Crippen molar-refractivity contribution >= 4 is 11.9 Å². The third-order valence-corrected chi connectivity index (χ3v) is 6.65. The van der Waals surface area contributed by atoms with Gasteiger partial charge in [0.05, 0.1) is 19.3 Å². The summed E-state index contributed by atoms with van der Waals surface area (Å²) in [5.41, 5.74) is 1.92. The number of carbonyl (C=O) groups is 2. The van der Waals surface area contributed by atoms with E-state index in [4.69, 9.17) is 9.47 Å². The molecule has 0 amide bonds. The number of benzene rings is 2. The standard InChI is InChI=1S/C26H30FNO5/c1-31-25(29)22-15-20(7-9-23(22)27)19-11-13-28(14-12-19)21-8-10-24(32-17-21)26(30)33-16-18-5-3-2-4-6-18/h2-7,9,15,19,21,24H,8,10-14,16-17H2,1H3. The number of hydrogen-bond donors (Lipinski definition) is 0. The van der Waals surface area contributed by atoms with Crippen molar-refractivity contribution in [1.82, 2.24) is 4.90 Å². The fraction of sp³-hybridized carbons (Fsp3) is 0.462. The molecule has 2 aromatic rings. The van der Waals surface area contributed by atoms with Crippen molar-refractivity contribution in [2.45, 2.75) is 50.4 Å². The molecule has 2 aromatic carbocycles. The Labute approximate surface area is 193 Å². The number of piperidine rings is 1. The largest absolute Gasteiger partial charge is 0.465 e. The van der Waals surface area contributed by atoms with Gasteiger partial charge >= 0.3 is 11.9 Å². The SMILES string of the molecule is COC(=O)c1cc(C2CCN(C3CCC(C(=O)OCc4ccccc4)OC3)CC2)ccc1F. The summed E-state index contributed by atoms with van der Waals surface area (Å²) >= 11 is 0. The van der Waals surface area contributed by atoms with Crippen LogP contribution in [0.4, 0.5) is 4.39 Å². The van der Waals surface area contributed by atoms with Crippen LogP contribution in [0.1, 0.15) is 53.1 Å². The van der Waals surface area contributed by atoms with Gasteiger partial charge in [-0.25, -0.2) is 14.0 Å². The van der Waals surface area contributed by atoms with E-state index < -0.39 is 17.9 Å². The van der Waals surface area contributed by atoms with E-state index in [0.717, 1.165) is 43.5 Å². The van der Waals surface area contributed by atoms with E-state index in [1.54, 1.807) is 12.1 Å². The molecule has 2 fully saturated rings. The number of ether oxygens (including phenoxy) is 3. The second-order valence-electron chi connectivity index (χ2n) is 8.69. The first kappa shape index (κ1) is 23.4. The third-order valence-electron chi connectivity index (χ3n) is 6.65. The monoisotopic (exact) mass is 455 g/mol. The van der Waals surface area contributed by atoms with E-state index >= 15 is 0 Å². The van der Waals surface area contributed by atoms with Gasteiger partial charge in [0.2, 0.25) is 0 Å². The molecule has 2 aliphatic rings. The predicted octanol–water partition coefficient (Wildman–Crippen LogP) is 4.08. The molecule has 0 N–H and O–H groups in total. The Balaban J connectivity index is 1.23. The highest BCUT2D eigenvalue weighted by molar-refractivity contribution is 5.89. The van der Waals surface area contributed by atoms with Crippen molar-refractivity contribution in [1.29, 1.82) is 0 Å². The summed E-state index contributed by atoms with van der Waals surface area (Å²) in [4.78, 5) is 26.6. The summed E-state index contributed by atoms with van der Waals surface area (Å²) in [6.07, 6.45) is 2.88. The van der Waals surface area contributed by atoms with Gasteiger partial charge in [-0.15, -0.1) is 0 Å². The van der Waals surface area contributed by atoms with Crippen LogP contribution in [-0.4, -0.2) is 55.8 Å². The summed E-state index contributed by atoms with van der Waals surface area (Å²) < 4.78 is 29.9. The van der Waals surface area contributed by atoms with E-state index in [1.165, 1.54) is 13.2 Å². The van der Waals surface area contributed by atoms with E-state index in [9.17, 15) is 14.0 Å². The molecule has 0 aliphatic carbocycles. The highest BCUT2D eigenvalue weighted by Gasteiger charge is 2.33. The first-order valence-electron chi connectivity index (χ1n) is 11.5. The highest BCUT2D eigenvalue weighted by atomic mass is 19.1. The lowest BCUT2D eigenvalue weighted by Crippen LogP contribution is -2.48. The molecule has 33 heavy (non-hydrogen) atoms. The third kappa shape index (κ3) is 5.78. The minimum atomic E-state index is -0.650. The minimum absolute atomic E-state index is 0.0108. The number of likely N-dealkylation sites (tertiary alicyclic amines) is 1. The van der Waals surface area contributed by atoms with Gasteiger partial charge in [-0.2, -0.15) is 0 Å². The Morgan fingerprint density at radius 3 is 2.48 bits per heavy atom. The zero-order valence-electron chi connectivity index (χ0n) is 18.9. The quantitative estimate of drug-likeness (QED) is 0.612. The first-order chi connectivity index (χ1) is 16.0. The first-order valence-corrected chi connectivity index (χ1v) is 11.5. The van der Waals surface area contributed by atoms with Crippen LogP contribution in [0.15, 0.2) is 48.5 Å². The number of halogens is 1. The molecular formula is C26H30FNO5. The summed E-state index contributed by atoms with van der Waals surface area (Å²) in [6.45, 7) is 2.57. The van der Waals surface area contributed by atoms with Gasteiger partial charge in [0.25, 0.3) is 0 Å². The number of nitrogens with zero attached hydrogens (tertiary/aromatic N) is 1. The van der Waals surface area contributed by atoms with E-state index in [1.807, 2.05) is 30.3 Å². The number of esters is 2. The maximum Gasteiger partial charge on any atom is 0.340 e. The zero-order chi connectivity index (χ0) is 23.2. The van der Waals surface area contributed by atoms with Gasteiger partial charge in [0, 0.05) is 6.04 Å². The number of hydrogen-bond acceptors (Lipinski definition) is 6. The Bertz CT molecular complexity index is 950. The number of carbonyl (C=O) groups excluding carboxylic acids is 2. The zero-order valence-corrected chi connectivity index (χ0v) is 18.9. The minimum Gasteiger partial charge on any atom is -0.465 e. The molecule has 0 saturated carbocycles. The van der Waals surface area contributed by atoms with Crippen molar-refractivity contribution in [2.75, 3.05) is 26.8 Å². The predicted molar refractivity (Wildman–Crippen MR) is 120 cm³/mol. The number of methoxy groups -OCH3 is 1. The molecule has 6 nitrogen and oxygen atoms in total. The summed E-state index contributed by atoms with van der Waals surface area (Å²) in [5.74, 6) is -1.23. The highest BCUT2D eigenvalue weighted by Crippen LogP contribution is 2.32. The van der Waals surface area contributed by atoms with E-state index in [2.05, 4.69) is 9.64 Å². The molecule has 2 heterocycles. The Hall–Kier alpha value is -2.77. The van der Waals surface area contributed by atoms with Crippen LogP contribution >= 0.6 is 0 Å². The molecule has 0 aromatic heterocycles. The second-order valence-corrected chi connectivity index (χ2v) is 8.69.